The Hall–Kier alpha value is -1.95. The van der Waals surface area contributed by atoms with E-state index in [0.29, 0.717) is 24.4 Å². The molecule has 1 N–H and O–H groups in total. The van der Waals surface area contributed by atoms with Gasteiger partial charge in [-0.15, -0.1) is 0 Å². The first-order chi connectivity index (χ1) is 9.95. The number of aromatic hydroxyl groups is 1. The van der Waals surface area contributed by atoms with Crippen molar-refractivity contribution in [1.29, 1.82) is 0 Å². The second-order valence-electron chi connectivity index (χ2n) is 5.10. The van der Waals surface area contributed by atoms with E-state index in [1.54, 1.807) is 18.0 Å². The SMILES string of the molecule is COCCn1cc(-c2ccc(O)c(F)c2F)c(C(C)C)n1. The molecule has 0 unspecified atom stereocenters. The van der Waals surface area contributed by atoms with Gasteiger partial charge in [-0.25, -0.2) is 4.39 Å². The van der Waals surface area contributed by atoms with Crippen LogP contribution >= 0.6 is 0 Å². The fraction of sp³-hybridized carbons (Fsp3) is 0.400. The van der Waals surface area contributed by atoms with Crippen molar-refractivity contribution in [1.82, 2.24) is 9.78 Å². The zero-order valence-electron chi connectivity index (χ0n) is 12.2. The molecule has 0 radical (unpaired) electrons. The summed E-state index contributed by atoms with van der Waals surface area (Å²) < 4.78 is 34.2. The average Bonchev–Trinajstić information content (AvgIpc) is 2.87. The van der Waals surface area contributed by atoms with Gasteiger partial charge in [-0.05, 0) is 18.1 Å². The van der Waals surface area contributed by atoms with Crippen LogP contribution in [-0.4, -0.2) is 28.6 Å². The van der Waals surface area contributed by atoms with Crippen molar-refractivity contribution in [2.24, 2.45) is 0 Å². The topological polar surface area (TPSA) is 47.3 Å². The van der Waals surface area contributed by atoms with Crippen LogP contribution in [0.1, 0.15) is 25.5 Å². The fourth-order valence-corrected chi connectivity index (χ4v) is 2.12. The first kappa shape index (κ1) is 15.4. The van der Waals surface area contributed by atoms with Crippen molar-refractivity contribution >= 4 is 0 Å². The van der Waals surface area contributed by atoms with Gasteiger partial charge in [-0.3, -0.25) is 4.68 Å². The Morgan fingerprint density at radius 1 is 1.24 bits per heavy atom. The van der Waals surface area contributed by atoms with Crippen LogP contribution < -0.4 is 0 Å². The van der Waals surface area contributed by atoms with Crippen LogP contribution in [0.4, 0.5) is 8.78 Å². The number of rotatable bonds is 5. The van der Waals surface area contributed by atoms with E-state index in [0.717, 1.165) is 6.07 Å². The van der Waals surface area contributed by atoms with Crippen molar-refractivity contribution in [3.63, 3.8) is 0 Å². The molecule has 6 heteroatoms. The molecule has 1 aromatic carbocycles. The molecule has 0 fully saturated rings. The van der Waals surface area contributed by atoms with Crippen LogP contribution in [0, 0.1) is 11.6 Å². The Morgan fingerprint density at radius 3 is 2.57 bits per heavy atom. The summed E-state index contributed by atoms with van der Waals surface area (Å²) in [5.74, 6) is -2.95. The van der Waals surface area contributed by atoms with Crippen molar-refractivity contribution in [2.45, 2.75) is 26.3 Å². The van der Waals surface area contributed by atoms with Gasteiger partial charge in [0.25, 0.3) is 0 Å². The number of phenolic OH excluding ortho intramolecular Hbond substituents is 1. The molecule has 0 aliphatic carbocycles. The van der Waals surface area contributed by atoms with Gasteiger partial charge in [0.1, 0.15) is 0 Å². The Kier molecular flexibility index (Phi) is 4.57. The smallest absolute Gasteiger partial charge is 0.200 e. The van der Waals surface area contributed by atoms with Gasteiger partial charge < -0.3 is 9.84 Å². The Labute approximate surface area is 122 Å². The van der Waals surface area contributed by atoms with E-state index < -0.39 is 17.4 Å². The fourth-order valence-electron chi connectivity index (χ4n) is 2.12. The van der Waals surface area contributed by atoms with Crippen LogP contribution in [-0.2, 0) is 11.3 Å². The molecule has 1 aromatic heterocycles. The summed E-state index contributed by atoms with van der Waals surface area (Å²) in [7, 11) is 1.59. The molecule has 0 aliphatic rings. The number of halogens is 2. The molecule has 0 bridgehead atoms. The van der Waals surface area contributed by atoms with Crippen LogP contribution in [0.3, 0.4) is 0 Å². The van der Waals surface area contributed by atoms with Crippen LogP contribution in [0.25, 0.3) is 11.1 Å². The summed E-state index contributed by atoms with van der Waals surface area (Å²) in [6.07, 6.45) is 1.67. The van der Waals surface area contributed by atoms with Crippen molar-refractivity contribution in [3.05, 3.63) is 35.7 Å². The van der Waals surface area contributed by atoms with E-state index in [1.165, 1.54) is 6.07 Å². The number of ether oxygens (including phenoxy) is 1. The largest absolute Gasteiger partial charge is 0.505 e. The van der Waals surface area contributed by atoms with Crippen LogP contribution in [0.15, 0.2) is 18.3 Å². The minimum Gasteiger partial charge on any atom is -0.505 e. The Morgan fingerprint density at radius 2 is 1.95 bits per heavy atom. The summed E-state index contributed by atoms with van der Waals surface area (Å²) in [5.41, 5.74) is 1.30. The number of hydrogen-bond acceptors (Lipinski definition) is 3. The maximum absolute atomic E-state index is 14.1. The molecule has 0 atom stereocenters. The lowest BCUT2D eigenvalue weighted by molar-refractivity contribution is 0.183. The maximum atomic E-state index is 14.1. The van der Waals surface area contributed by atoms with E-state index >= 15 is 0 Å². The highest BCUT2D eigenvalue weighted by molar-refractivity contribution is 5.67. The molecule has 2 aromatic rings. The molecule has 1 heterocycles. The lowest BCUT2D eigenvalue weighted by Crippen LogP contribution is -2.05. The number of hydrogen-bond donors (Lipinski definition) is 1. The van der Waals surface area contributed by atoms with E-state index in [2.05, 4.69) is 5.10 Å². The highest BCUT2D eigenvalue weighted by atomic mass is 19.2. The molecule has 4 nitrogen and oxygen atoms in total. The van der Waals surface area contributed by atoms with E-state index in [1.807, 2.05) is 13.8 Å². The minimum atomic E-state index is -1.24. The Balaban J connectivity index is 2.52. The standard InChI is InChI=1S/C15H18F2N2O2/c1-9(2)15-11(8-19(18-15)6-7-21-3)10-4-5-12(20)14(17)13(10)16/h4-5,8-9,20H,6-7H2,1-3H3. The van der Waals surface area contributed by atoms with Gasteiger partial charge >= 0.3 is 0 Å². The second kappa shape index (κ2) is 6.22. The summed E-state index contributed by atoms with van der Waals surface area (Å²) in [6.45, 7) is 4.87. The number of benzene rings is 1. The number of nitrogens with zero attached hydrogens (tertiary/aromatic N) is 2. The number of phenols is 1. The second-order valence-corrected chi connectivity index (χ2v) is 5.10. The molecule has 2 rings (SSSR count). The van der Waals surface area contributed by atoms with Crippen LogP contribution in [0.5, 0.6) is 5.75 Å². The summed E-state index contributed by atoms with van der Waals surface area (Å²) in [4.78, 5) is 0. The first-order valence-corrected chi connectivity index (χ1v) is 6.69. The van der Waals surface area contributed by atoms with Crippen molar-refractivity contribution < 1.29 is 18.6 Å². The lowest BCUT2D eigenvalue weighted by Gasteiger charge is -2.07. The number of aromatic nitrogens is 2. The first-order valence-electron chi connectivity index (χ1n) is 6.69. The third-order valence-corrected chi connectivity index (χ3v) is 3.21. The highest BCUT2D eigenvalue weighted by Gasteiger charge is 2.20. The third-order valence-electron chi connectivity index (χ3n) is 3.21. The van der Waals surface area contributed by atoms with E-state index in [-0.39, 0.29) is 11.5 Å². The molecular formula is C15H18F2N2O2. The van der Waals surface area contributed by atoms with Gasteiger partial charge in [0.2, 0.25) is 5.82 Å². The highest BCUT2D eigenvalue weighted by Crippen LogP contribution is 2.33. The molecule has 0 spiro atoms. The maximum Gasteiger partial charge on any atom is 0.200 e. The van der Waals surface area contributed by atoms with Gasteiger partial charge in [0.05, 0.1) is 18.8 Å². The molecular weight excluding hydrogens is 278 g/mol. The molecule has 0 aliphatic heterocycles. The zero-order chi connectivity index (χ0) is 15.6. The van der Waals surface area contributed by atoms with Gasteiger partial charge in [0, 0.05) is 24.4 Å². The van der Waals surface area contributed by atoms with Crippen molar-refractivity contribution in [3.8, 4) is 16.9 Å². The average molecular weight is 296 g/mol. The predicted octanol–water partition coefficient (Wildman–Crippen LogP) is 3.30. The molecule has 0 amide bonds. The quantitative estimate of drug-likeness (QED) is 0.921. The van der Waals surface area contributed by atoms with Gasteiger partial charge in [-0.1, -0.05) is 13.8 Å². The molecule has 21 heavy (non-hydrogen) atoms. The van der Waals surface area contributed by atoms with Crippen molar-refractivity contribution in [2.75, 3.05) is 13.7 Å². The minimum absolute atomic E-state index is 0.0556. The Bertz CT molecular complexity index is 639. The van der Waals surface area contributed by atoms with Gasteiger partial charge in [0.15, 0.2) is 11.6 Å². The van der Waals surface area contributed by atoms with Crippen LogP contribution in [0.2, 0.25) is 0 Å². The van der Waals surface area contributed by atoms with E-state index in [9.17, 15) is 13.9 Å². The molecule has 114 valence electrons. The molecule has 0 saturated heterocycles. The predicted molar refractivity (Wildman–Crippen MR) is 75.2 cm³/mol. The number of methoxy groups -OCH3 is 1. The third kappa shape index (κ3) is 3.05. The van der Waals surface area contributed by atoms with Gasteiger partial charge in [-0.2, -0.15) is 9.49 Å². The monoisotopic (exact) mass is 296 g/mol. The van der Waals surface area contributed by atoms with E-state index in [4.69, 9.17) is 4.74 Å². The zero-order valence-corrected chi connectivity index (χ0v) is 12.2. The summed E-state index contributed by atoms with van der Waals surface area (Å²) in [5, 5.41) is 13.6. The molecule has 0 saturated carbocycles. The normalized spacial score (nSPS) is 11.3. The lowest BCUT2D eigenvalue weighted by atomic mass is 9.99. The summed E-state index contributed by atoms with van der Waals surface area (Å²) >= 11 is 0. The summed E-state index contributed by atoms with van der Waals surface area (Å²) in [6, 6.07) is 2.50.